The smallest absolute Gasteiger partial charge is 0.274 e. The lowest BCUT2D eigenvalue weighted by molar-refractivity contribution is 0.0946. The molecule has 28 heavy (non-hydrogen) atoms. The van der Waals surface area contributed by atoms with E-state index < -0.39 is 5.82 Å². The lowest BCUT2D eigenvalue weighted by Gasteiger charge is -2.14. The van der Waals surface area contributed by atoms with E-state index in [9.17, 15) is 9.18 Å². The molecule has 3 aromatic rings. The van der Waals surface area contributed by atoms with Crippen molar-refractivity contribution in [2.45, 2.75) is 18.9 Å². The third kappa shape index (κ3) is 3.04. The van der Waals surface area contributed by atoms with Gasteiger partial charge in [-0.15, -0.1) is 10.2 Å². The summed E-state index contributed by atoms with van der Waals surface area (Å²) in [6.45, 7) is 0. The highest BCUT2D eigenvalue weighted by Crippen LogP contribution is 2.38. The van der Waals surface area contributed by atoms with Crippen LogP contribution in [0.4, 0.5) is 10.1 Å². The SMILES string of the molecule is COc1cc(OC)c(-c2c(F)ccc3c(N)c(C(=O)NC4CC4)nnc23)cn1. The number of carbonyl (C=O) groups is 1. The molecule has 4 rings (SSSR count). The zero-order chi connectivity index (χ0) is 19.8. The quantitative estimate of drug-likeness (QED) is 0.695. The minimum absolute atomic E-state index is 0.0248. The second-order valence-electron chi connectivity index (χ2n) is 6.46. The number of pyridine rings is 1. The van der Waals surface area contributed by atoms with E-state index in [1.165, 1.54) is 32.5 Å². The van der Waals surface area contributed by atoms with Gasteiger partial charge in [0.25, 0.3) is 5.91 Å². The molecule has 8 nitrogen and oxygen atoms in total. The standard InChI is InChI=1S/C19H18FN5O3/c1-27-13-7-14(28-2)22-8-11(13)15-12(20)6-5-10-16(21)18(25-24-17(10)15)19(26)23-9-3-4-9/h5-9H,3-4H2,1-2H3,(H2,21,24)(H,23,26). The van der Waals surface area contributed by atoms with Gasteiger partial charge in [0.05, 0.1) is 25.5 Å². The van der Waals surface area contributed by atoms with Crippen LogP contribution < -0.4 is 20.5 Å². The number of nitrogens with zero attached hydrogens (tertiary/aromatic N) is 3. The number of benzene rings is 1. The Kier molecular flexibility index (Phi) is 4.42. The molecule has 2 heterocycles. The summed E-state index contributed by atoms with van der Waals surface area (Å²) in [6.07, 6.45) is 3.31. The number of hydrogen-bond acceptors (Lipinski definition) is 7. The van der Waals surface area contributed by atoms with Crippen molar-refractivity contribution >= 4 is 22.5 Å². The van der Waals surface area contributed by atoms with Crippen LogP contribution in [0.25, 0.3) is 22.0 Å². The van der Waals surface area contributed by atoms with Crippen LogP contribution in [0.3, 0.4) is 0 Å². The number of carbonyl (C=O) groups excluding carboxylic acids is 1. The Labute approximate surface area is 159 Å². The minimum atomic E-state index is -0.540. The van der Waals surface area contributed by atoms with E-state index >= 15 is 0 Å². The van der Waals surface area contributed by atoms with E-state index in [-0.39, 0.29) is 34.4 Å². The van der Waals surface area contributed by atoms with Gasteiger partial charge in [-0.3, -0.25) is 4.79 Å². The Balaban J connectivity index is 1.89. The predicted molar refractivity (Wildman–Crippen MR) is 101 cm³/mol. The highest BCUT2D eigenvalue weighted by atomic mass is 19.1. The van der Waals surface area contributed by atoms with E-state index in [0.717, 1.165) is 12.8 Å². The van der Waals surface area contributed by atoms with Crippen molar-refractivity contribution in [3.8, 4) is 22.8 Å². The molecule has 0 spiro atoms. The normalized spacial score (nSPS) is 13.4. The van der Waals surface area contributed by atoms with E-state index in [4.69, 9.17) is 15.2 Å². The first-order chi connectivity index (χ1) is 13.5. The third-order valence-electron chi connectivity index (χ3n) is 4.59. The maximum Gasteiger partial charge on any atom is 0.274 e. The van der Waals surface area contributed by atoms with Crippen molar-refractivity contribution in [2.24, 2.45) is 0 Å². The Bertz CT molecular complexity index is 1080. The number of methoxy groups -OCH3 is 2. The van der Waals surface area contributed by atoms with Crippen LogP contribution in [0.2, 0.25) is 0 Å². The van der Waals surface area contributed by atoms with Crippen molar-refractivity contribution in [2.75, 3.05) is 20.0 Å². The Hall–Kier alpha value is -3.49. The molecule has 1 amide bonds. The molecular formula is C19H18FN5O3. The summed E-state index contributed by atoms with van der Waals surface area (Å²) >= 11 is 0. The predicted octanol–water partition coefficient (Wildman–Crippen LogP) is 2.32. The minimum Gasteiger partial charge on any atom is -0.496 e. The summed E-state index contributed by atoms with van der Waals surface area (Å²) in [5, 5.41) is 11.3. The molecule has 0 bridgehead atoms. The number of rotatable bonds is 5. The zero-order valence-electron chi connectivity index (χ0n) is 15.3. The summed E-state index contributed by atoms with van der Waals surface area (Å²) in [4.78, 5) is 16.5. The van der Waals surface area contributed by atoms with Gasteiger partial charge in [0.1, 0.15) is 17.1 Å². The fourth-order valence-corrected chi connectivity index (χ4v) is 2.96. The van der Waals surface area contributed by atoms with Crippen LogP contribution in [0.5, 0.6) is 11.6 Å². The van der Waals surface area contributed by atoms with Gasteiger partial charge in [0.15, 0.2) is 5.69 Å². The maximum absolute atomic E-state index is 14.8. The molecule has 1 aromatic carbocycles. The molecule has 1 saturated carbocycles. The van der Waals surface area contributed by atoms with Gasteiger partial charge < -0.3 is 20.5 Å². The van der Waals surface area contributed by atoms with E-state index in [1.54, 1.807) is 6.07 Å². The van der Waals surface area contributed by atoms with Crippen molar-refractivity contribution < 1.29 is 18.7 Å². The van der Waals surface area contributed by atoms with Gasteiger partial charge in [-0.25, -0.2) is 9.37 Å². The number of nitrogens with two attached hydrogens (primary N) is 1. The number of nitrogen functional groups attached to an aromatic ring is 1. The zero-order valence-corrected chi connectivity index (χ0v) is 15.3. The van der Waals surface area contributed by atoms with Crippen molar-refractivity contribution in [3.63, 3.8) is 0 Å². The van der Waals surface area contributed by atoms with Crippen LogP contribution in [-0.4, -0.2) is 41.3 Å². The largest absolute Gasteiger partial charge is 0.496 e. The highest BCUT2D eigenvalue weighted by Gasteiger charge is 2.27. The summed E-state index contributed by atoms with van der Waals surface area (Å²) in [6, 6.07) is 4.45. The van der Waals surface area contributed by atoms with Crippen LogP contribution in [0.1, 0.15) is 23.3 Å². The second kappa shape index (κ2) is 6.91. The van der Waals surface area contributed by atoms with Crippen LogP contribution in [-0.2, 0) is 0 Å². The summed E-state index contributed by atoms with van der Waals surface area (Å²) < 4.78 is 25.2. The first kappa shape index (κ1) is 17.9. The number of hydrogen-bond donors (Lipinski definition) is 2. The number of halogens is 1. The number of nitrogens with one attached hydrogen (secondary N) is 1. The number of ether oxygens (including phenoxy) is 2. The van der Waals surface area contributed by atoms with Crippen molar-refractivity contribution in [1.82, 2.24) is 20.5 Å². The average Bonchev–Trinajstić information content (AvgIpc) is 3.51. The summed E-state index contributed by atoms with van der Waals surface area (Å²) in [5.74, 6) is -0.245. The number of amides is 1. The van der Waals surface area contributed by atoms with Crippen LogP contribution in [0, 0.1) is 5.82 Å². The lowest BCUT2D eigenvalue weighted by atomic mass is 10.0. The van der Waals surface area contributed by atoms with Gasteiger partial charge in [-0.2, -0.15) is 0 Å². The summed E-state index contributed by atoms with van der Waals surface area (Å²) in [7, 11) is 2.93. The molecule has 0 atom stereocenters. The molecule has 1 fully saturated rings. The molecule has 0 radical (unpaired) electrons. The van der Waals surface area contributed by atoms with E-state index in [1.807, 2.05) is 0 Å². The fraction of sp³-hybridized carbons (Fsp3) is 0.263. The first-order valence-corrected chi connectivity index (χ1v) is 8.67. The monoisotopic (exact) mass is 383 g/mol. The van der Waals surface area contributed by atoms with Gasteiger partial charge in [0.2, 0.25) is 5.88 Å². The Morgan fingerprint density at radius 1 is 1.25 bits per heavy atom. The molecule has 0 unspecified atom stereocenters. The van der Waals surface area contributed by atoms with Gasteiger partial charge in [-0.1, -0.05) is 0 Å². The van der Waals surface area contributed by atoms with Crippen molar-refractivity contribution in [3.05, 3.63) is 35.9 Å². The van der Waals surface area contributed by atoms with Gasteiger partial charge in [0, 0.05) is 29.3 Å². The molecule has 144 valence electrons. The maximum atomic E-state index is 14.8. The van der Waals surface area contributed by atoms with E-state index in [0.29, 0.717) is 22.6 Å². The van der Waals surface area contributed by atoms with Gasteiger partial charge >= 0.3 is 0 Å². The van der Waals surface area contributed by atoms with Crippen LogP contribution in [0.15, 0.2) is 24.4 Å². The van der Waals surface area contributed by atoms with Crippen LogP contribution >= 0.6 is 0 Å². The van der Waals surface area contributed by atoms with Crippen molar-refractivity contribution in [1.29, 1.82) is 0 Å². The lowest BCUT2D eigenvalue weighted by Crippen LogP contribution is -2.27. The summed E-state index contributed by atoms with van der Waals surface area (Å²) in [5.41, 5.74) is 7.07. The molecule has 0 saturated heterocycles. The molecule has 3 N–H and O–H groups in total. The topological polar surface area (TPSA) is 112 Å². The van der Waals surface area contributed by atoms with E-state index in [2.05, 4.69) is 20.5 Å². The number of aromatic nitrogens is 3. The second-order valence-corrected chi connectivity index (χ2v) is 6.46. The average molecular weight is 383 g/mol. The molecular weight excluding hydrogens is 365 g/mol. The molecule has 9 heteroatoms. The Morgan fingerprint density at radius 2 is 2.04 bits per heavy atom. The molecule has 1 aliphatic carbocycles. The molecule has 2 aromatic heterocycles. The fourth-order valence-electron chi connectivity index (χ4n) is 2.96. The third-order valence-corrected chi connectivity index (χ3v) is 4.59. The highest BCUT2D eigenvalue weighted by molar-refractivity contribution is 6.08. The Morgan fingerprint density at radius 3 is 2.71 bits per heavy atom. The first-order valence-electron chi connectivity index (χ1n) is 8.67. The molecule has 0 aliphatic heterocycles. The number of anilines is 1. The number of fused-ring (bicyclic) bond motifs is 1. The van der Waals surface area contributed by atoms with Gasteiger partial charge in [-0.05, 0) is 25.0 Å². The molecule has 1 aliphatic rings.